The minimum absolute atomic E-state index is 0.000261. The summed E-state index contributed by atoms with van der Waals surface area (Å²) < 4.78 is 20.1. The second kappa shape index (κ2) is 9.22. The van der Waals surface area contributed by atoms with E-state index in [1.165, 1.54) is 18.3 Å². The molecule has 160 valence electrons. The Kier molecular flexibility index (Phi) is 6.41. The molecule has 2 aromatic carbocycles. The molecule has 0 saturated heterocycles. The highest BCUT2D eigenvalue weighted by Gasteiger charge is 2.22. The minimum Gasteiger partial charge on any atom is -0.452 e. The van der Waals surface area contributed by atoms with Gasteiger partial charge in [0.15, 0.2) is 23.2 Å². The number of aliphatic imine (C=N–C) groups is 1. The van der Waals surface area contributed by atoms with Gasteiger partial charge in [0, 0.05) is 10.7 Å². The Labute approximate surface area is 189 Å². The van der Waals surface area contributed by atoms with Crippen LogP contribution in [-0.4, -0.2) is 23.5 Å². The second-order valence-corrected chi connectivity index (χ2v) is 8.13. The summed E-state index contributed by atoms with van der Waals surface area (Å²) >= 11 is 12.3. The number of rotatable bonds is 5. The van der Waals surface area contributed by atoms with Crippen molar-refractivity contribution in [1.82, 2.24) is 10.5 Å². The normalized spacial score (nSPS) is 15.9. The number of aryl methyl sites for hydroxylation is 2. The summed E-state index contributed by atoms with van der Waals surface area (Å²) in [4.78, 5) is 14.6. The van der Waals surface area contributed by atoms with Crippen LogP contribution in [0.2, 0.25) is 10.0 Å². The monoisotopic (exact) mass is 459 g/mol. The van der Waals surface area contributed by atoms with Crippen molar-refractivity contribution in [3.63, 3.8) is 0 Å². The van der Waals surface area contributed by atoms with Gasteiger partial charge in [-0.2, -0.15) is 0 Å². The lowest BCUT2D eigenvalue weighted by Crippen LogP contribution is -2.37. The van der Waals surface area contributed by atoms with E-state index in [4.69, 9.17) is 37.8 Å². The summed E-state index contributed by atoms with van der Waals surface area (Å²) in [6.07, 6.45) is 2.14. The molecule has 0 aliphatic carbocycles. The van der Waals surface area contributed by atoms with E-state index in [1.54, 1.807) is 12.1 Å². The zero-order valence-corrected chi connectivity index (χ0v) is 18.5. The van der Waals surface area contributed by atoms with Crippen LogP contribution in [0.4, 0.5) is 4.39 Å². The Morgan fingerprint density at radius 1 is 1.13 bits per heavy atom. The molecule has 31 heavy (non-hydrogen) atoms. The fraction of sp³-hybridized carbons (Fsp3) is 0.217. The van der Waals surface area contributed by atoms with Crippen LogP contribution < -0.4 is 10.2 Å². The molecule has 1 N–H and O–H groups in total. The highest BCUT2D eigenvalue weighted by molar-refractivity contribution is 6.31. The molecular formula is C23H20Cl2FN3O2. The van der Waals surface area contributed by atoms with Crippen LogP contribution in [0.15, 0.2) is 53.7 Å². The molecule has 0 fully saturated rings. The molecular weight excluding hydrogens is 440 g/mol. The summed E-state index contributed by atoms with van der Waals surface area (Å²) in [5.41, 5.74) is 6.29. The van der Waals surface area contributed by atoms with Crippen LogP contribution in [0.1, 0.15) is 22.4 Å². The van der Waals surface area contributed by atoms with Crippen LogP contribution in [0.5, 0.6) is 11.5 Å². The molecule has 4 rings (SSSR count). The van der Waals surface area contributed by atoms with E-state index in [2.05, 4.69) is 10.5 Å². The fourth-order valence-corrected chi connectivity index (χ4v) is 3.73. The van der Waals surface area contributed by atoms with Crippen LogP contribution in [0.3, 0.4) is 0 Å². The lowest BCUT2D eigenvalue weighted by atomic mass is 10.0. The van der Waals surface area contributed by atoms with Crippen molar-refractivity contribution < 1.29 is 14.0 Å². The third kappa shape index (κ3) is 4.98. The Hall–Kier alpha value is -2.67. The van der Waals surface area contributed by atoms with Gasteiger partial charge in [-0.05, 0) is 55.7 Å². The van der Waals surface area contributed by atoms with Crippen LogP contribution in [-0.2, 0) is 11.3 Å². The number of amidine groups is 1. The van der Waals surface area contributed by atoms with Gasteiger partial charge in [-0.1, -0.05) is 41.4 Å². The van der Waals surface area contributed by atoms with E-state index < -0.39 is 5.82 Å². The zero-order chi connectivity index (χ0) is 22.0. The number of halogens is 3. The maximum atomic E-state index is 14.4. The summed E-state index contributed by atoms with van der Waals surface area (Å²) in [7, 11) is 0. The molecule has 1 atom stereocenters. The number of nitrogens with one attached hydrogen (secondary N) is 1. The van der Waals surface area contributed by atoms with E-state index in [0.29, 0.717) is 35.2 Å². The van der Waals surface area contributed by atoms with Crippen LogP contribution in [0.25, 0.3) is 0 Å². The Balaban J connectivity index is 1.64. The van der Waals surface area contributed by atoms with Crippen molar-refractivity contribution in [3.8, 4) is 11.5 Å². The van der Waals surface area contributed by atoms with E-state index in [0.717, 1.165) is 16.8 Å². The predicted octanol–water partition coefficient (Wildman–Crippen LogP) is 5.83. The van der Waals surface area contributed by atoms with Gasteiger partial charge in [-0.25, -0.2) is 9.87 Å². The van der Waals surface area contributed by atoms with E-state index >= 15 is 0 Å². The minimum atomic E-state index is -0.641. The number of hydrogen-bond acceptors (Lipinski definition) is 5. The van der Waals surface area contributed by atoms with E-state index in [9.17, 15) is 4.39 Å². The molecule has 0 radical (unpaired) electrons. The first-order valence-electron chi connectivity index (χ1n) is 9.70. The number of pyridine rings is 1. The van der Waals surface area contributed by atoms with Crippen molar-refractivity contribution >= 4 is 29.0 Å². The molecule has 8 heteroatoms. The smallest absolute Gasteiger partial charge is 0.184 e. The lowest BCUT2D eigenvalue weighted by molar-refractivity contribution is 0.0623. The first-order chi connectivity index (χ1) is 14.9. The quantitative estimate of drug-likeness (QED) is 0.521. The standard InChI is InChI=1S/C23H20Cl2FN3O2/c1-13-6-7-15(19(25)8-13)10-16-12-30-29-23(28-16)17-9-14(2)27-11-21(17)31-20-5-3-4-18(24)22(20)26/h3-9,11,16H,10,12H2,1-2H3,(H,28,29). The number of hydrogen-bond donors (Lipinski definition) is 1. The second-order valence-electron chi connectivity index (χ2n) is 7.32. The number of benzene rings is 2. The van der Waals surface area contributed by atoms with Gasteiger partial charge in [0.2, 0.25) is 0 Å². The van der Waals surface area contributed by atoms with Gasteiger partial charge in [-0.3, -0.25) is 14.8 Å². The molecule has 1 aliphatic rings. The third-order valence-corrected chi connectivity index (χ3v) is 5.46. The summed E-state index contributed by atoms with van der Waals surface area (Å²) in [5, 5.41) is 0.682. The molecule has 0 spiro atoms. The van der Waals surface area contributed by atoms with Crippen molar-refractivity contribution in [2.24, 2.45) is 4.99 Å². The summed E-state index contributed by atoms with van der Waals surface area (Å²) in [5.74, 6) is 0.162. The van der Waals surface area contributed by atoms with Gasteiger partial charge < -0.3 is 4.74 Å². The molecule has 0 amide bonds. The predicted molar refractivity (Wildman–Crippen MR) is 120 cm³/mol. The van der Waals surface area contributed by atoms with Gasteiger partial charge >= 0.3 is 0 Å². The van der Waals surface area contributed by atoms with E-state index in [1.807, 2.05) is 32.0 Å². The Morgan fingerprint density at radius 3 is 2.77 bits per heavy atom. The summed E-state index contributed by atoms with van der Waals surface area (Å²) in [6.45, 7) is 4.23. The maximum absolute atomic E-state index is 14.4. The number of nitrogens with zero attached hydrogens (tertiary/aromatic N) is 2. The first-order valence-corrected chi connectivity index (χ1v) is 10.5. The molecule has 0 saturated carbocycles. The topological polar surface area (TPSA) is 55.7 Å². The Bertz CT molecular complexity index is 1150. The average molecular weight is 460 g/mol. The van der Waals surface area contributed by atoms with Crippen molar-refractivity contribution in [2.45, 2.75) is 26.3 Å². The third-order valence-electron chi connectivity index (χ3n) is 4.82. The Morgan fingerprint density at radius 2 is 1.97 bits per heavy atom. The van der Waals surface area contributed by atoms with Crippen LogP contribution in [0, 0.1) is 19.7 Å². The van der Waals surface area contributed by atoms with Crippen molar-refractivity contribution in [2.75, 3.05) is 6.61 Å². The molecule has 1 unspecified atom stereocenters. The maximum Gasteiger partial charge on any atom is 0.184 e. The SMILES string of the molecule is Cc1ccc(CC2CONC(c3cc(C)ncc3Oc3cccc(Cl)c3F)=N2)c(Cl)c1. The van der Waals surface area contributed by atoms with Gasteiger partial charge in [0.05, 0.1) is 29.4 Å². The zero-order valence-electron chi connectivity index (χ0n) is 17.0. The van der Waals surface area contributed by atoms with Gasteiger partial charge in [-0.15, -0.1) is 0 Å². The van der Waals surface area contributed by atoms with Gasteiger partial charge in [0.25, 0.3) is 0 Å². The number of hydroxylamine groups is 1. The largest absolute Gasteiger partial charge is 0.452 e. The lowest BCUT2D eigenvalue weighted by Gasteiger charge is -2.23. The molecule has 0 bridgehead atoms. The van der Waals surface area contributed by atoms with Gasteiger partial charge in [0.1, 0.15) is 0 Å². The average Bonchev–Trinajstić information content (AvgIpc) is 2.75. The van der Waals surface area contributed by atoms with Crippen molar-refractivity contribution in [1.29, 1.82) is 0 Å². The molecule has 2 heterocycles. The fourth-order valence-electron chi connectivity index (χ4n) is 3.25. The molecule has 3 aromatic rings. The van der Waals surface area contributed by atoms with Crippen molar-refractivity contribution in [3.05, 3.63) is 86.9 Å². The molecule has 1 aromatic heterocycles. The molecule has 1 aliphatic heterocycles. The highest BCUT2D eigenvalue weighted by atomic mass is 35.5. The number of aromatic nitrogens is 1. The highest BCUT2D eigenvalue weighted by Crippen LogP contribution is 2.31. The molecule has 5 nitrogen and oxygen atoms in total. The van der Waals surface area contributed by atoms with Crippen LogP contribution >= 0.6 is 23.2 Å². The summed E-state index contributed by atoms with van der Waals surface area (Å²) in [6, 6.07) is 12.2. The first kappa shape index (κ1) is 21.6. The number of ether oxygens (including phenoxy) is 1. The van der Waals surface area contributed by atoms with E-state index in [-0.39, 0.29) is 16.8 Å².